The van der Waals surface area contributed by atoms with E-state index in [1.807, 2.05) is 6.08 Å². The molecule has 4 unspecified atom stereocenters. The fraction of sp³-hybridized carbons (Fsp3) is 0.923. The van der Waals surface area contributed by atoms with Gasteiger partial charge in [0.1, 0.15) is 0 Å². The van der Waals surface area contributed by atoms with E-state index >= 15 is 0 Å². The van der Waals surface area contributed by atoms with Crippen molar-refractivity contribution in [3.05, 3.63) is 12.2 Å². The van der Waals surface area contributed by atoms with Crippen LogP contribution in [0.2, 0.25) is 0 Å². The van der Waals surface area contributed by atoms with Gasteiger partial charge in [0, 0.05) is 6.54 Å². The van der Waals surface area contributed by atoms with E-state index in [2.05, 4.69) is 19.2 Å². The van der Waals surface area contributed by atoms with Gasteiger partial charge in [-0.1, -0.05) is 180 Å². The van der Waals surface area contributed by atoms with Crippen LogP contribution in [0.15, 0.2) is 12.2 Å². The van der Waals surface area contributed by atoms with Crippen molar-refractivity contribution < 1.29 is 33.5 Å². The lowest BCUT2D eigenvalue weighted by Gasteiger charge is -2.24. The number of phosphoric acid groups is 1. The summed E-state index contributed by atoms with van der Waals surface area (Å²) in [6, 6.07) is -0.975. The fourth-order valence-electron chi connectivity index (χ4n) is 6.06. The summed E-state index contributed by atoms with van der Waals surface area (Å²) in [4.78, 5) is 22.6. The predicted molar refractivity (Wildman–Crippen MR) is 204 cm³/mol. The number of rotatable bonds is 38. The van der Waals surface area contributed by atoms with Gasteiger partial charge in [-0.2, -0.15) is 0 Å². The minimum absolute atomic E-state index is 0.0511. The number of unbranched alkanes of at least 4 members (excludes halogenated alkanes) is 24. The average Bonchev–Trinajstić information content (AvgIpc) is 3.07. The molecule has 10 heteroatoms. The van der Waals surface area contributed by atoms with E-state index in [1.165, 1.54) is 128 Å². The molecule has 0 spiro atoms. The lowest BCUT2D eigenvalue weighted by atomic mass is 10.0. The van der Waals surface area contributed by atoms with Crippen molar-refractivity contribution in [3.8, 4) is 0 Å². The normalized spacial score (nSPS) is 15.0. The van der Waals surface area contributed by atoms with Gasteiger partial charge in [0.2, 0.25) is 5.91 Å². The molecule has 0 bridgehead atoms. The molecule has 0 aromatic carbocycles. The average molecular weight is 719 g/mol. The highest BCUT2D eigenvalue weighted by molar-refractivity contribution is 7.47. The molecule has 49 heavy (non-hydrogen) atoms. The molecule has 0 aliphatic heterocycles. The number of nitrogens with one attached hydrogen (secondary N) is 1. The van der Waals surface area contributed by atoms with Crippen LogP contribution < -0.4 is 11.1 Å². The molecule has 0 rings (SSSR count). The van der Waals surface area contributed by atoms with E-state index in [9.17, 15) is 24.5 Å². The molecule has 6 N–H and O–H groups in total. The van der Waals surface area contributed by atoms with Crippen LogP contribution >= 0.6 is 7.82 Å². The second kappa shape index (κ2) is 35.6. The Morgan fingerprint density at radius 1 is 0.694 bits per heavy atom. The number of carbonyl (C=O) groups is 1. The first-order chi connectivity index (χ1) is 23.8. The number of hydrogen-bond acceptors (Lipinski definition) is 7. The van der Waals surface area contributed by atoms with Gasteiger partial charge in [0.25, 0.3) is 0 Å². The number of carbonyl (C=O) groups excluding carboxylic acids is 1. The Morgan fingerprint density at radius 2 is 1.12 bits per heavy atom. The number of allylic oxidation sites excluding steroid dienone is 1. The van der Waals surface area contributed by atoms with Crippen molar-refractivity contribution in [3.63, 3.8) is 0 Å². The summed E-state index contributed by atoms with van der Waals surface area (Å²) < 4.78 is 22.0. The van der Waals surface area contributed by atoms with Gasteiger partial charge in [-0.15, -0.1) is 0 Å². The largest absolute Gasteiger partial charge is 0.472 e. The monoisotopic (exact) mass is 719 g/mol. The van der Waals surface area contributed by atoms with Crippen LogP contribution in [-0.4, -0.2) is 59.0 Å². The summed E-state index contributed by atoms with van der Waals surface area (Å²) in [7, 11) is -4.39. The van der Waals surface area contributed by atoms with E-state index < -0.39 is 38.6 Å². The maximum Gasteiger partial charge on any atom is 0.472 e. The SMILES string of the molecule is CCCCCCCCCCCCCCCCCCCC/C=C/C(O)C(COP(=O)(O)OCCN)NC(=O)CC(O)CCCCCCCCC. The molecular weight excluding hydrogens is 639 g/mol. The summed E-state index contributed by atoms with van der Waals surface area (Å²) in [6.07, 6.45) is 34.6. The van der Waals surface area contributed by atoms with Crippen molar-refractivity contribution in [1.29, 1.82) is 0 Å². The molecule has 0 saturated carbocycles. The van der Waals surface area contributed by atoms with Crippen molar-refractivity contribution >= 4 is 13.7 Å². The Balaban J connectivity index is 4.26. The van der Waals surface area contributed by atoms with Gasteiger partial charge in [-0.25, -0.2) is 4.57 Å². The van der Waals surface area contributed by atoms with E-state index in [0.717, 1.165) is 38.5 Å². The van der Waals surface area contributed by atoms with Gasteiger partial charge in [-0.3, -0.25) is 13.8 Å². The maximum atomic E-state index is 12.7. The number of nitrogens with two attached hydrogens (primary N) is 1. The first-order valence-electron chi connectivity index (χ1n) is 20.4. The molecular formula is C39H79N2O7P. The highest BCUT2D eigenvalue weighted by Gasteiger charge is 2.27. The Hall–Kier alpha value is -0.800. The molecule has 0 saturated heterocycles. The maximum absolute atomic E-state index is 12.7. The Kier molecular flexibility index (Phi) is 35.0. The highest BCUT2D eigenvalue weighted by Crippen LogP contribution is 2.43. The summed E-state index contributed by atoms with van der Waals surface area (Å²) in [6.45, 7) is 3.93. The standard InChI is InChI=1S/C39H79N2O7P/c1-3-5-7-9-11-12-13-14-15-16-17-18-19-20-21-22-23-25-27-29-31-38(43)37(35-48-49(45,46)47-33-32-40)41-39(44)34-36(42)30-28-26-24-10-8-6-4-2/h29,31,36-38,42-43H,3-28,30,32-35,40H2,1-2H3,(H,41,44)(H,45,46)/b31-29+. The number of aliphatic hydroxyl groups excluding tert-OH is 2. The van der Waals surface area contributed by atoms with Gasteiger partial charge < -0.3 is 26.2 Å². The molecule has 0 aliphatic rings. The first-order valence-corrected chi connectivity index (χ1v) is 21.9. The van der Waals surface area contributed by atoms with Crippen molar-refractivity contribution in [2.75, 3.05) is 19.8 Å². The van der Waals surface area contributed by atoms with Crippen LogP contribution in [0.3, 0.4) is 0 Å². The minimum atomic E-state index is -4.39. The van der Waals surface area contributed by atoms with Gasteiger partial charge in [0.15, 0.2) is 0 Å². The molecule has 1 amide bonds. The summed E-state index contributed by atoms with van der Waals surface area (Å²) >= 11 is 0. The molecule has 4 atom stereocenters. The quantitative estimate of drug-likeness (QED) is 0.0240. The molecule has 0 aromatic rings. The second-order valence-corrected chi connectivity index (χ2v) is 15.5. The molecule has 0 aliphatic carbocycles. The van der Waals surface area contributed by atoms with E-state index in [-0.39, 0.29) is 19.6 Å². The second-order valence-electron chi connectivity index (χ2n) is 14.0. The molecule has 0 radical (unpaired) electrons. The van der Waals surface area contributed by atoms with Crippen molar-refractivity contribution in [2.45, 2.75) is 212 Å². The third kappa shape index (κ3) is 34.1. The lowest BCUT2D eigenvalue weighted by Crippen LogP contribution is -2.46. The topological polar surface area (TPSA) is 151 Å². The Bertz CT molecular complexity index is 801. The summed E-state index contributed by atoms with van der Waals surface area (Å²) in [5.41, 5.74) is 5.34. The van der Waals surface area contributed by atoms with Gasteiger partial charge in [-0.05, 0) is 19.3 Å². The van der Waals surface area contributed by atoms with E-state index in [0.29, 0.717) is 6.42 Å². The van der Waals surface area contributed by atoms with Gasteiger partial charge >= 0.3 is 7.82 Å². The van der Waals surface area contributed by atoms with Crippen LogP contribution in [0.5, 0.6) is 0 Å². The molecule has 9 nitrogen and oxygen atoms in total. The van der Waals surface area contributed by atoms with Crippen molar-refractivity contribution in [2.24, 2.45) is 5.73 Å². The minimum Gasteiger partial charge on any atom is -0.393 e. The molecule has 0 aromatic heterocycles. The van der Waals surface area contributed by atoms with Crippen LogP contribution in [0.4, 0.5) is 0 Å². The number of phosphoric ester groups is 1. The molecule has 292 valence electrons. The number of aliphatic hydroxyl groups is 2. The van der Waals surface area contributed by atoms with Crippen LogP contribution in [-0.2, 0) is 18.4 Å². The van der Waals surface area contributed by atoms with Crippen LogP contribution in [0, 0.1) is 0 Å². The van der Waals surface area contributed by atoms with Crippen LogP contribution in [0.25, 0.3) is 0 Å². The number of amides is 1. The Morgan fingerprint density at radius 3 is 1.57 bits per heavy atom. The summed E-state index contributed by atoms with van der Waals surface area (Å²) in [5, 5.41) is 23.8. The predicted octanol–water partition coefficient (Wildman–Crippen LogP) is 9.80. The number of hydrogen-bond donors (Lipinski definition) is 5. The molecule has 0 fully saturated rings. The first kappa shape index (κ1) is 48.2. The third-order valence-electron chi connectivity index (χ3n) is 9.17. The zero-order chi connectivity index (χ0) is 36.3. The summed E-state index contributed by atoms with van der Waals surface area (Å²) in [5.74, 6) is -0.448. The zero-order valence-electron chi connectivity index (χ0n) is 31.8. The smallest absolute Gasteiger partial charge is 0.393 e. The van der Waals surface area contributed by atoms with Gasteiger partial charge in [0.05, 0.1) is 37.9 Å². The molecule has 0 heterocycles. The highest BCUT2D eigenvalue weighted by atomic mass is 31.2. The van der Waals surface area contributed by atoms with E-state index in [4.69, 9.17) is 14.8 Å². The third-order valence-corrected chi connectivity index (χ3v) is 10.2. The van der Waals surface area contributed by atoms with Crippen molar-refractivity contribution in [1.82, 2.24) is 5.32 Å². The fourth-order valence-corrected chi connectivity index (χ4v) is 6.82. The lowest BCUT2D eigenvalue weighted by molar-refractivity contribution is -0.124. The Labute approximate surface area is 301 Å². The van der Waals surface area contributed by atoms with E-state index in [1.54, 1.807) is 6.08 Å². The zero-order valence-corrected chi connectivity index (χ0v) is 32.7. The van der Waals surface area contributed by atoms with Crippen LogP contribution in [0.1, 0.15) is 194 Å².